The van der Waals surface area contributed by atoms with Crippen LogP contribution in [0.1, 0.15) is 11.1 Å². The summed E-state index contributed by atoms with van der Waals surface area (Å²) in [4.78, 5) is 0. The van der Waals surface area contributed by atoms with Crippen LogP contribution in [0.25, 0.3) is 66.1 Å². The molecule has 0 bridgehead atoms. The number of aryl methyl sites for hydroxylation is 2. The van der Waals surface area contributed by atoms with Gasteiger partial charge in [0.05, 0.1) is 0 Å². The highest BCUT2D eigenvalue weighted by Crippen LogP contribution is 2.41. The van der Waals surface area contributed by atoms with Crippen LogP contribution in [-0.4, -0.2) is 0 Å². The molecule has 0 atom stereocenters. The summed E-state index contributed by atoms with van der Waals surface area (Å²) in [5.41, 5.74) is 9.03. The zero-order valence-electron chi connectivity index (χ0n) is 18.5. The molecule has 0 saturated heterocycles. The predicted octanol–water partition coefficient (Wildman–Crippen LogP) is 8.92. The van der Waals surface area contributed by atoms with Gasteiger partial charge in [-0.25, -0.2) is 0 Å². The molecule has 0 unspecified atom stereocenters. The van der Waals surface area contributed by atoms with E-state index in [-0.39, 0.29) is 0 Å². The lowest BCUT2D eigenvalue weighted by Gasteiger charge is -2.14. The molecule has 160 valence electrons. The van der Waals surface area contributed by atoms with Crippen LogP contribution in [0.15, 0.2) is 106 Å². The van der Waals surface area contributed by atoms with Crippen molar-refractivity contribution in [3.8, 4) is 22.5 Å². The Bertz CT molecular complexity index is 1920. The van der Waals surface area contributed by atoms with Gasteiger partial charge in [0.25, 0.3) is 0 Å². The van der Waals surface area contributed by atoms with Crippen molar-refractivity contribution in [2.75, 3.05) is 0 Å². The zero-order chi connectivity index (χ0) is 22.2. The molecule has 2 heterocycles. The second-order valence-corrected chi connectivity index (χ2v) is 9.25. The molecule has 0 radical (unpaired) electrons. The van der Waals surface area contributed by atoms with Crippen molar-refractivity contribution in [2.45, 2.75) is 12.8 Å². The van der Waals surface area contributed by atoms with Crippen LogP contribution in [-0.2, 0) is 12.8 Å². The molecule has 0 amide bonds. The number of hydrogen-bond acceptors (Lipinski definition) is 2. The van der Waals surface area contributed by atoms with E-state index in [9.17, 15) is 0 Å². The molecule has 8 rings (SSSR count). The van der Waals surface area contributed by atoms with Crippen molar-refractivity contribution in [1.82, 2.24) is 0 Å². The maximum Gasteiger partial charge on any atom is 0.143 e. The van der Waals surface area contributed by atoms with Crippen LogP contribution < -0.4 is 0 Å². The van der Waals surface area contributed by atoms with Gasteiger partial charge in [-0.2, -0.15) is 0 Å². The maximum absolute atomic E-state index is 6.44. The van der Waals surface area contributed by atoms with Crippen LogP contribution >= 0.6 is 0 Å². The minimum absolute atomic E-state index is 0.914. The van der Waals surface area contributed by atoms with Crippen molar-refractivity contribution >= 4 is 43.7 Å². The second-order valence-electron chi connectivity index (χ2n) is 9.25. The quantitative estimate of drug-likeness (QED) is 0.257. The van der Waals surface area contributed by atoms with Gasteiger partial charge >= 0.3 is 0 Å². The zero-order valence-corrected chi connectivity index (χ0v) is 18.5. The normalized spacial score (nSPS) is 13.1. The average Bonchev–Trinajstić information content (AvgIpc) is 3.46. The molecule has 1 aliphatic carbocycles. The standard InChI is InChI=1S/C32H20O2/c1-3-7-23-19(5-1)9-15-27-25-13-11-21(17-29(25)33-31(23)27)22-12-14-26-28-16-10-20-6-2-4-8-24(20)32(28)34-30(26)18-22/h1-9,11-15,17-18H,10,16H2. The van der Waals surface area contributed by atoms with Crippen molar-refractivity contribution < 1.29 is 8.83 Å². The summed E-state index contributed by atoms with van der Waals surface area (Å²) < 4.78 is 12.8. The Morgan fingerprint density at radius 3 is 2.18 bits per heavy atom. The Labute approximate surface area is 196 Å². The van der Waals surface area contributed by atoms with Crippen molar-refractivity contribution in [3.63, 3.8) is 0 Å². The van der Waals surface area contributed by atoms with Gasteiger partial charge in [0.15, 0.2) is 0 Å². The smallest absolute Gasteiger partial charge is 0.143 e. The second kappa shape index (κ2) is 6.61. The first-order valence-corrected chi connectivity index (χ1v) is 11.8. The molecule has 2 nitrogen and oxygen atoms in total. The number of furan rings is 2. The van der Waals surface area contributed by atoms with E-state index in [2.05, 4.69) is 97.1 Å². The van der Waals surface area contributed by atoms with E-state index in [1.165, 1.54) is 27.5 Å². The first kappa shape index (κ1) is 18.2. The van der Waals surface area contributed by atoms with Gasteiger partial charge < -0.3 is 8.83 Å². The minimum atomic E-state index is 0.914. The Hall–Kier alpha value is -4.30. The Balaban J connectivity index is 1.29. The van der Waals surface area contributed by atoms with E-state index in [1.54, 1.807) is 0 Å². The third kappa shape index (κ3) is 2.45. The highest BCUT2D eigenvalue weighted by atomic mass is 16.3. The van der Waals surface area contributed by atoms with E-state index >= 15 is 0 Å². The Morgan fingerprint density at radius 2 is 1.26 bits per heavy atom. The maximum atomic E-state index is 6.44. The van der Waals surface area contributed by atoms with Gasteiger partial charge in [-0.15, -0.1) is 0 Å². The van der Waals surface area contributed by atoms with Gasteiger partial charge in [0, 0.05) is 32.7 Å². The van der Waals surface area contributed by atoms with E-state index in [0.29, 0.717) is 0 Å². The lowest BCUT2D eigenvalue weighted by atomic mass is 9.89. The number of benzene rings is 5. The SMILES string of the molecule is c1ccc2c(c1)CCc1c-2oc2cc(-c3ccc4c(c3)oc3c5ccccc5ccc43)ccc12. The summed E-state index contributed by atoms with van der Waals surface area (Å²) in [5.74, 6) is 1.04. The van der Waals surface area contributed by atoms with Gasteiger partial charge in [-0.05, 0) is 59.2 Å². The summed E-state index contributed by atoms with van der Waals surface area (Å²) in [6.07, 6.45) is 2.09. The fraction of sp³-hybridized carbons (Fsp3) is 0.0625. The number of hydrogen-bond donors (Lipinski definition) is 0. The highest BCUT2D eigenvalue weighted by molar-refractivity contribution is 6.15. The molecule has 0 spiro atoms. The summed E-state index contributed by atoms with van der Waals surface area (Å²) in [6.45, 7) is 0. The van der Waals surface area contributed by atoms with E-state index in [4.69, 9.17) is 8.83 Å². The van der Waals surface area contributed by atoms with Gasteiger partial charge in [0.1, 0.15) is 22.5 Å². The fourth-order valence-corrected chi connectivity index (χ4v) is 5.70. The van der Waals surface area contributed by atoms with Crippen LogP contribution in [0, 0.1) is 0 Å². The van der Waals surface area contributed by atoms with Crippen molar-refractivity contribution in [1.29, 1.82) is 0 Å². The molecule has 5 aromatic carbocycles. The summed E-state index contributed by atoms with van der Waals surface area (Å²) >= 11 is 0. The van der Waals surface area contributed by atoms with Crippen LogP contribution in [0.2, 0.25) is 0 Å². The van der Waals surface area contributed by atoms with Crippen LogP contribution in [0.4, 0.5) is 0 Å². The third-order valence-electron chi connectivity index (χ3n) is 7.40. The molecule has 1 aliphatic rings. The number of rotatable bonds is 1. The molecule has 2 aromatic heterocycles. The van der Waals surface area contributed by atoms with Crippen LogP contribution in [0.5, 0.6) is 0 Å². The molecule has 0 aliphatic heterocycles. The van der Waals surface area contributed by atoms with Gasteiger partial charge in [-0.1, -0.05) is 72.8 Å². The minimum Gasteiger partial charge on any atom is -0.456 e. The van der Waals surface area contributed by atoms with Gasteiger partial charge in [-0.3, -0.25) is 0 Å². The van der Waals surface area contributed by atoms with E-state index in [0.717, 1.165) is 62.6 Å². The molecular weight excluding hydrogens is 416 g/mol. The monoisotopic (exact) mass is 436 g/mol. The summed E-state index contributed by atoms with van der Waals surface area (Å²) in [6, 6.07) is 34.5. The topological polar surface area (TPSA) is 26.3 Å². The van der Waals surface area contributed by atoms with Crippen molar-refractivity contribution in [3.05, 3.63) is 108 Å². The first-order valence-electron chi connectivity index (χ1n) is 11.8. The lowest BCUT2D eigenvalue weighted by molar-refractivity contribution is 0.621. The molecule has 34 heavy (non-hydrogen) atoms. The average molecular weight is 437 g/mol. The summed E-state index contributed by atoms with van der Waals surface area (Å²) in [5, 5.41) is 5.89. The molecular formula is C32H20O2. The van der Waals surface area contributed by atoms with E-state index in [1.807, 2.05) is 0 Å². The molecule has 2 heteroatoms. The Kier molecular flexibility index (Phi) is 3.53. The fourth-order valence-electron chi connectivity index (χ4n) is 5.70. The predicted molar refractivity (Wildman–Crippen MR) is 139 cm³/mol. The Morgan fingerprint density at radius 1 is 0.529 bits per heavy atom. The summed E-state index contributed by atoms with van der Waals surface area (Å²) in [7, 11) is 0. The molecule has 0 fully saturated rings. The largest absolute Gasteiger partial charge is 0.456 e. The van der Waals surface area contributed by atoms with E-state index < -0.39 is 0 Å². The molecule has 7 aromatic rings. The third-order valence-corrected chi connectivity index (χ3v) is 7.40. The highest BCUT2D eigenvalue weighted by Gasteiger charge is 2.22. The first-order chi connectivity index (χ1) is 16.8. The van der Waals surface area contributed by atoms with Crippen molar-refractivity contribution in [2.24, 2.45) is 0 Å². The number of fused-ring (bicyclic) bond motifs is 10. The lowest BCUT2D eigenvalue weighted by Crippen LogP contribution is -2.01. The van der Waals surface area contributed by atoms with Crippen LogP contribution in [0.3, 0.4) is 0 Å². The molecule has 0 N–H and O–H groups in total. The molecule has 0 saturated carbocycles. The van der Waals surface area contributed by atoms with Gasteiger partial charge in [0.2, 0.25) is 0 Å².